The minimum atomic E-state index is -3.41. The first-order valence-electron chi connectivity index (χ1n) is 1.95. The Morgan fingerprint density at radius 2 is 2.11 bits per heavy atom. The van der Waals surface area contributed by atoms with Crippen LogP contribution in [0.25, 0.3) is 0 Å². The molecule has 0 aliphatic carbocycles. The first-order valence-corrected chi connectivity index (χ1v) is 4.76. The Labute approximate surface area is 58.3 Å². The summed E-state index contributed by atoms with van der Waals surface area (Å²) in [6, 6.07) is 0. The standard InChI is InChI=1S/C5H4O2S2/c1-3-5-8-9(6,7)4-2/h2H,1H3. The third-order valence-corrected chi connectivity index (χ3v) is 2.39. The maximum absolute atomic E-state index is 10.4. The van der Waals surface area contributed by atoms with Crippen molar-refractivity contribution in [1.29, 1.82) is 0 Å². The lowest BCUT2D eigenvalue weighted by Gasteiger charge is -1.80. The van der Waals surface area contributed by atoms with Crippen molar-refractivity contribution in [2.45, 2.75) is 6.92 Å². The smallest absolute Gasteiger partial charge is 0.203 e. The van der Waals surface area contributed by atoms with E-state index >= 15 is 0 Å². The molecule has 0 aliphatic rings. The van der Waals surface area contributed by atoms with E-state index in [1.54, 1.807) is 12.2 Å². The zero-order valence-corrected chi connectivity index (χ0v) is 6.34. The van der Waals surface area contributed by atoms with E-state index in [9.17, 15) is 8.42 Å². The molecule has 0 aromatic heterocycles. The van der Waals surface area contributed by atoms with Gasteiger partial charge in [-0.15, -0.1) is 6.42 Å². The zero-order chi connectivity index (χ0) is 7.33. The molecular formula is C5H4O2S2. The average Bonchev–Trinajstić information content (AvgIpc) is 1.84. The quantitative estimate of drug-likeness (QED) is 0.416. The fraction of sp³-hybridized carbons (Fsp3) is 0.200. The molecule has 0 aromatic carbocycles. The Bertz CT molecular complexity index is 270. The minimum Gasteiger partial charge on any atom is -0.203 e. The van der Waals surface area contributed by atoms with Crippen LogP contribution in [0.3, 0.4) is 0 Å². The van der Waals surface area contributed by atoms with Gasteiger partial charge in [-0.2, -0.15) is 0 Å². The van der Waals surface area contributed by atoms with Crippen LogP contribution in [0.5, 0.6) is 0 Å². The maximum Gasteiger partial charge on any atom is 0.280 e. The Hall–Kier alpha value is -0.580. The van der Waals surface area contributed by atoms with Crippen molar-refractivity contribution in [3.05, 3.63) is 0 Å². The minimum absolute atomic E-state index is 0.454. The van der Waals surface area contributed by atoms with Crippen LogP contribution in [-0.4, -0.2) is 8.42 Å². The van der Waals surface area contributed by atoms with Gasteiger partial charge in [-0.3, -0.25) is 0 Å². The summed E-state index contributed by atoms with van der Waals surface area (Å²) in [5.41, 5.74) is 0. The van der Waals surface area contributed by atoms with Gasteiger partial charge in [0.25, 0.3) is 8.87 Å². The summed E-state index contributed by atoms with van der Waals surface area (Å²) in [5.74, 6) is 2.40. The summed E-state index contributed by atoms with van der Waals surface area (Å²) < 4.78 is 20.8. The zero-order valence-electron chi connectivity index (χ0n) is 4.71. The number of rotatable bonds is 1. The number of terminal acetylenes is 1. The predicted octanol–water partition coefficient (Wildman–Crippen LogP) is 0.621. The first-order chi connectivity index (χ1) is 4.12. The summed E-state index contributed by atoms with van der Waals surface area (Å²) >= 11 is 0. The van der Waals surface area contributed by atoms with E-state index in [-0.39, 0.29) is 0 Å². The van der Waals surface area contributed by atoms with Crippen molar-refractivity contribution in [1.82, 2.24) is 0 Å². The molecule has 0 spiro atoms. The largest absolute Gasteiger partial charge is 0.280 e. The maximum atomic E-state index is 10.4. The van der Waals surface area contributed by atoms with Gasteiger partial charge in [0.15, 0.2) is 0 Å². The molecule has 0 unspecified atom stereocenters. The molecule has 0 heterocycles. The van der Waals surface area contributed by atoms with E-state index in [1.807, 2.05) is 0 Å². The molecule has 0 fully saturated rings. The Morgan fingerprint density at radius 1 is 1.56 bits per heavy atom. The van der Waals surface area contributed by atoms with Crippen LogP contribution in [0.2, 0.25) is 0 Å². The lowest BCUT2D eigenvalue weighted by molar-refractivity contribution is 0.619. The van der Waals surface area contributed by atoms with Gasteiger partial charge in [0.05, 0.1) is 10.8 Å². The summed E-state index contributed by atoms with van der Waals surface area (Å²) in [7, 11) is -2.96. The summed E-state index contributed by atoms with van der Waals surface area (Å²) in [6.07, 6.45) is 4.62. The Kier molecular flexibility index (Phi) is 3.22. The molecule has 0 radical (unpaired) electrons. The monoisotopic (exact) mass is 160 g/mol. The molecule has 0 atom stereocenters. The third-order valence-electron chi connectivity index (χ3n) is 0.398. The van der Waals surface area contributed by atoms with Gasteiger partial charge < -0.3 is 0 Å². The number of hydrogen-bond acceptors (Lipinski definition) is 3. The van der Waals surface area contributed by atoms with E-state index in [2.05, 4.69) is 17.6 Å². The Morgan fingerprint density at radius 3 is 2.44 bits per heavy atom. The molecule has 0 aliphatic heterocycles. The fourth-order valence-corrected chi connectivity index (χ4v) is 1.09. The van der Waals surface area contributed by atoms with Crippen LogP contribution >= 0.6 is 10.8 Å². The van der Waals surface area contributed by atoms with Gasteiger partial charge in [-0.25, -0.2) is 8.42 Å². The molecule has 0 saturated heterocycles. The second-order valence-corrected chi connectivity index (χ2v) is 4.34. The van der Waals surface area contributed by atoms with Crippen molar-refractivity contribution in [2.75, 3.05) is 0 Å². The molecule has 0 rings (SSSR count). The van der Waals surface area contributed by atoms with Crippen LogP contribution in [0.15, 0.2) is 0 Å². The van der Waals surface area contributed by atoms with Gasteiger partial charge in [0, 0.05) is 5.25 Å². The van der Waals surface area contributed by atoms with Crippen molar-refractivity contribution < 1.29 is 8.42 Å². The van der Waals surface area contributed by atoms with Gasteiger partial charge in [0.1, 0.15) is 0 Å². The van der Waals surface area contributed by atoms with E-state index in [0.29, 0.717) is 10.8 Å². The van der Waals surface area contributed by atoms with E-state index in [1.165, 1.54) is 0 Å². The highest BCUT2D eigenvalue weighted by Crippen LogP contribution is 2.07. The van der Waals surface area contributed by atoms with Crippen molar-refractivity contribution in [3.8, 4) is 22.8 Å². The van der Waals surface area contributed by atoms with E-state index < -0.39 is 8.87 Å². The normalized spacial score (nSPS) is 8.89. The van der Waals surface area contributed by atoms with E-state index in [4.69, 9.17) is 0 Å². The topological polar surface area (TPSA) is 34.1 Å². The number of hydrogen-bond donors (Lipinski definition) is 0. The molecule has 0 saturated carbocycles. The van der Waals surface area contributed by atoms with Gasteiger partial charge in [-0.05, 0) is 12.2 Å². The van der Waals surface area contributed by atoms with Gasteiger partial charge in [0.2, 0.25) is 0 Å². The van der Waals surface area contributed by atoms with Gasteiger partial charge in [-0.1, -0.05) is 5.92 Å². The SMILES string of the molecule is C#CS(=O)(=O)SC#CC. The molecule has 0 N–H and O–H groups in total. The lowest BCUT2D eigenvalue weighted by atomic mass is 10.9. The molecular weight excluding hydrogens is 156 g/mol. The molecule has 0 amide bonds. The second-order valence-electron chi connectivity index (χ2n) is 1.01. The van der Waals surface area contributed by atoms with Crippen molar-refractivity contribution >= 4 is 19.7 Å². The van der Waals surface area contributed by atoms with Crippen molar-refractivity contribution in [3.63, 3.8) is 0 Å². The second kappa shape index (κ2) is 3.45. The molecule has 2 nitrogen and oxygen atoms in total. The molecule has 9 heavy (non-hydrogen) atoms. The van der Waals surface area contributed by atoms with Crippen molar-refractivity contribution in [2.24, 2.45) is 0 Å². The highest BCUT2D eigenvalue weighted by atomic mass is 33.1. The third kappa shape index (κ3) is 3.96. The molecule has 0 bridgehead atoms. The molecule has 0 aromatic rings. The van der Waals surface area contributed by atoms with Gasteiger partial charge >= 0.3 is 0 Å². The van der Waals surface area contributed by atoms with Crippen LogP contribution in [0.1, 0.15) is 6.92 Å². The average molecular weight is 160 g/mol. The summed E-state index contributed by atoms with van der Waals surface area (Å²) in [4.78, 5) is 0. The molecule has 48 valence electrons. The van der Waals surface area contributed by atoms with Crippen LogP contribution < -0.4 is 0 Å². The predicted molar refractivity (Wildman–Crippen MR) is 38.8 cm³/mol. The fourth-order valence-electron chi connectivity index (χ4n) is 0.121. The van der Waals surface area contributed by atoms with E-state index in [0.717, 1.165) is 0 Å². The Balaban J connectivity index is 4.23. The van der Waals surface area contributed by atoms with Crippen LogP contribution in [-0.2, 0) is 8.87 Å². The molecule has 4 heteroatoms. The summed E-state index contributed by atoms with van der Waals surface area (Å²) in [5, 5.41) is 3.88. The van der Waals surface area contributed by atoms with Crippen LogP contribution in [0, 0.1) is 22.8 Å². The first kappa shape index (κ1) is 8.42. The highest BCUT2D eigenvalue weighted by molar-refractivity contribution is 8.75. The van der Waals surface area contributed by atoms with Crippen LogP contribution in [0.4, 0.5) is 0 Å². The summed E-state index contributed by atoms with van der Waals surface area (Å²) in [6.45, 7) is 1.54. The lowest BCUT2D eigenvalue weighted by Crippen LogP contribution is -1.82. The highest BCUT2D eigenvalue weighted by Gasteiger charge is 2.01.